The summed E-state index contributed by atoms with van der Waals surface area (Å²) in [5.41, 5.74) is 0.379. The number of benzene rings is 1. The number of carbonyl (C=O) groups excluding carboxylic acids is 1. The molecule has 0 aromatic heterocycles. The molecule has 21 heavy (non-hydrogen) atoms. The fourth-order valence-corrected chi connectivity index (χ4v) is 1.94. The second-order valence-corrected chi connectivity index (χ2v) is 6.37. The van der Waals surface area contributed by atoms with E-state index in [2.05, 4.69) is 19.2 Å². The Morgan fingerprint density at radius 2 is 2.05 bits per heavy atom. The highest BCUT2D eigenvalue weighted by Crippen LogP contribution is 2.28. The molecule has 4 nitrogen and oxygen atoms in total. The van der Waals surface area contributed by atoms with Crippen molar-refractivity contribution in [1.82, 2.24) is 5.32 Å². The van der Waals surface area contributed by atoms with Crippen LogP contribution in [0.15, 0.2) is 18.2 Å². The Balaban J connectivity index is 2.67. The van der Waals surface area contributed by atoms with E-state index in [4.69, 9.17) is 21.1 Å². The molecule has 0 aliphatic carbocycles. The molecule has 0 radical (unpaired) electrons. The lowest BCUT2D eigenvalue weighted by Gasteiger charge is -2.22. The van der Waals surface area contributed by atoms with Crippen molar-refractivity contribution in [2.45, 2.75) is 40.3 Å². The largest absolute Gasteiger partial charge is 0.491 e. The van der Waals surface area contributed by atoms with Crippen LogP contribution in [0, 0.1) is 5.41 Å². The van der Waals surface area contributed by atoms with Gasteiger partial charge in [-0.05, 0) is 31.5 Å². The molecular weight excluding hydrogens is 290 g/mol. The van der Waals surface area contributed by atoms with Crippen molar-refractivity contribution in [3.8, 4) is 5.75 Å². The van der Waals surface area contributed by atoms with Gasteiger partial charge in [-0.1, -0.05) is 31.5 Å². The number of nitrogens with one attached hydrogen (secondary N) is 1. The maximum atomic E-state index is 11.6. The van der Waals surface area contributed by atoms with Gasteiger partial charge in [0.15, 0.2) is 0 Å². The van der Waals surface area contributed by atoms with Crippen molar-refractivity contribution in [3.63, 3.8) is 0 Å². The monoisotopic (exact) mass is 313 g/mol. The Labute approximate surface area is 131 Å². The lowest BCUT2D eigenvalue weighted by Crippen LogP contribution is -2.32. The molecule has 0 fully saturated rings. The summed E-state index contributed by atoms with van der Waals surface area (Å²) in [4.78, 5) is 11.6. The van der Waals surface area contributed by atoms with Crippen molar-refractivity contribution in [2.24, 2.45) is 5.41 Å². The summed E-state index contributed by atoms with van der Waals surface area (Å²) < 4.78 is 10.4. The van der Waals surface area contributed by atoms with Crippen molar-refractivity contribution in [3.05, 3.63) is 28.8 Å². The molecule has 1 N–H and O–H groups in total. The number of halogens is 1. The average molecular weight is 314 g/mol. The van der Waals surface area contributed by atoms with Crippen LogP contribution >= 0.6 is 11.6 Å². The fraction of sp³-hybridized carbons (Fsp3) is 0.562. The highest BCUT2D eigenvalue weighted by Gasteiger charge is 2.30. The average Bonchev–Trinajstić information content (AvgIpc) is 2.43. The van der Waals surface area contributed by atoms with E-state index in [-0.39, 0.29) is 12.6 Å². The molecule has 0 saturated carbocycles. The number of ether oxygens (including phenoxy) is 2. The summed E-state index contributed by atoms with van der Waals surface area (Å²) in [5, 5.41) is 3.87. The molecule has 0 bridgehead atoms. The zero-order chi connectivity index (χ0) is 16.0. The highest BCUT2D eigenvalue weighted by molar-refractivity contribution is 6.32. The first-order chi connectivity index (χ1) is 9.76. The van der Waals surface area contributed by atoms with Gasteiger partial charge in [0.05, 0.1) is 17.5 Å². The van der Waals surface area contributed by atoms with Crippen molar-refractivity contribution in [1.29, 1.82) is 0 Å². The first-order valence-corrected chi connectivity index (χ1v) is 7.37. The number of hydrogen-bond acceptors (Lipinski definition) is 4. The van der Waals surface area contributed by atoms with Crippen LogP contribution in [-0.2, 0) is 16.1 Å². The van der Waals surface area contributed by atoms with E-state index in [1.54, 1.807) is 13.8 Å². The molecule has 118 valence electrons. The molecule has 0 amide bonds. The standard InChI is InChI=1S/C16H24ClNO3/c1-11(2)18-9-12-6-7-14(13(17)8-12)21-10-16(3,4)15(19)20-5/h6-8,11,18H,9-10H2,1-5H3. The van der Waals surface area contributed by atoms with Crippen LogP contribution in [0.4, 0.5) is 0 Å². The Kier molecular flexibility index (Phi) is 6.49. The van der Waals surface area contributed by atoms with Gasteiger partial charge in [0.2, 0.25) is 0 Å². The maximum Gasteiger partial charge on any atom is 0.314 e. The molecular formula is C16H24ClNO3. The summed E-state index contributed by atoms with van der Waals surface area (Å²) in [6.45, 7) is 8.69. The predicted molar refractivity (Wildman–Crippen MR) is 84.7 cm³/mol. The molecule has 1 rings (SSSR count). The van der Waals surface area contributed by atoms with Crippen molar-refractivity contribution >= 4 is 17.6 Å². The molecule has 0 unspecified atom stereocenters. The molecule has 0 atom stereocenters. The van der Waals surface area contributed by atoms with Gasteiger partial charge < -0.3 is 14.8 Å². The van der Waals surface area contributed by atoms with Gasteiger partial charge in [-0.25, -0.2) is 0 Å². The number of esters is 1. The minimum Gasteiger partial charge on any atom is -0.491 e. The smallest absolute Gasteiger partial charge is 0.314 e. The van der Waals surface area contributed by atoms with Crippen LogP contribution in [0.2, 0.25) is 5.02 Å². The third-order valence-corrected chi connectivity index (χ3v) is 3.33. The number of hydrogen-bond donors (Lipinski definition) is 1. The Bertz CT molecular complexity index is 486. The Hall–Kier alpha value is -1.26. The first kappa shape index (κ1) is 17.8. The van der Waals surface area contributed by atoms with Gasteiger partial charge in [-0.15, -0.1) is 0 Å². The summed E-state index contributed by atoms with van der Waals surface area (Å²) in [6, 6.07) is 6.08. The van der Waals surface area contributed by atoms with E-state index in [0.29, 0.717) is 16.8 Å². The normalized spacial score (nSPS) is 11.6. The van der Waals surface area contributed by atoms with E-state index in [9.17, 15) is 4.79 Å². The van der Waals surface area contributed by atoms with Gasteiger partial charge in [0.1, 0.15) is 12.4 Å². The third kappa shape index (κ3) is 5.56. The second kappa shape index (κ2) is 7.66. The molecule has 1 aromatic carbocycles. The number of carbonyl (C=O) groups is 1. The highest BCUT2D eigenvalue weighted by atomic mass is 35.5. The van der Waals surface area contributed by atoms with Crippen LogP contribution < -0.4 is 10.1 Å². The van der Waals surface area contributed by atoms with Gasteiger partial charge in [-0.3, -0.25) is 4.79 Å². The molecule has 5 heteroatoms. The van der Waals surface area contributed by atoms with Gasteiger partial charge in [0.25, 0.3) is 0 Å². The summed E-state index contributed by atoms with van der Waals surface area (Å²) in [5.74, 6) is 0.262. The molecule has 0 aliphatic heterocycles. The summed E-state index contributed by atoms with van der Waals surface area (Å²) >= 11 is 6.22. The lowest BCUT2D eigenvalue weighted by atomic mass is 9.95. The van der Waals surface area contributed by atoms with Crippen LogP contribution in [0.1, 0.15) is 33.3 Å². The minimum absolute atomic E-state index is 0.211. The molecule has 0 aliphatic rings. The first-order valence-electron chi connectivity index (χ1n) is 6.99. The van der Waals surface area contributed by atoms with Gasteiger partial charge in [0, 0.05) is 12.6 Å². The Morgan fingerprint density at radius 1 is 1.38 bits per heavy atom. The Morgan fingerprint density at radius 3 is 2.57 bits per heavy atom. The number of methoxy groups -OCH3 is 1. The molecule has 1 aromatic rings. The minimum atomic E-state index is -0.712. The van der Waals surface area contributed by atoms with Crippen LogP contribution in [0.3, 0.4) is 0 Å². The zero-order valence-corrected chi connectivity index (χ0v) is 14.1. The second-order valence-electron chi connectivity index (χ2n) is 5.96. The summed E-state index contributed by atoms with van der Waals surface area (Å²) in [7, 11) is 1.37. The maximum absolute atomic E-state index is 11.6. The van der Waals surface area contributed by atoms with Crippen molar-refractivity contribution < 1.29 is 14.3 Å². The molecule has 0 spiro atoms. The third-order valence-electron chi connectivity index (χ3n) is 3.04. The van der Waals surface area contributed by atoms with E-state index >= 15 is 0 Å². The van der Waals surface area contributed by atoms with Crippen molar-refractivity contribution in [2.75, 3.05) is 13.7 Å². The molecule has 0 saturated heterocycles. The van der Waals surface area contributed by atoms with E-state index in [1.165, 1.54) is 7.11 Å². The van der Waals surface area contributed by atoms with Crippen LogP contribution in [0.25, 0.3) is 0 Å². The van der Waals surface area contributed by atoms with Gasteiger partial charge >= 0.3 is 5.97 Å². The quantitative estimate of drug-likeness (QED) is 0.784. The van der Waals surface area contributed by atoms with E-state index in [1.807, 2.05) is 18.2 Å². The van der Waals surface area contributed by atoms with Crippen LogP contribution in [-0.4, -0.2) is 25.7 Å². The van der Waals surface area contributed by atoms with E-state index < -0.39 is 5.41 Å². The van der Waals surface area contributed by atoms with Gasteiger partial charge in [-0.2, -0.15) is 0 Å². The van der Waals surface area contributed by atoms with Crippen LogP contribution in [0.5, 0.6) is 5.75 Å². The predicted octanol–water partition coefficient (Wildman–Crippen LogP) is 3.42. The SMILES string of the molecule is COC(=O)C(C)(C)COc1ccc(CNC(C)C)cc1Cl. The topological polar surface area (TPSA) is 47.6 Å². The zero-order valence-electron chi connectivity index (χ0n) is 13.3. The number of rotatable bonds is 7. The summed E-state index contributed by atoms with van der Waals surface area (Å²) in [6.07, 6.45) is 0. The molecule has 0 heterocycles. The lowest BCUT2D eigenvalue weighted by molar-refractivity contribution is -0.152. The fourth-order valence-electron chi connectivity index (χ4n) is 1.69. The van der Waals surface area contributed by atoms with E-state index in [0.717, 1.165) is 12.1 Å².